The van der Waals surface area contributed by atoms with Gasteiger partial charge in [-0.05, 0) is 25.1 Å². The summed E-state index contributed by atoms with van der Waals surface area (Å²) in [5.74, 6) is -5.05. The molecule has 17 nitrogen and oxygen atoms in total. The lowest BCUT2D eigenvalue weighted by molar-refractivity contribution is -0.912. The molecule has 1 aromatic carbocycles. The maximum Gasteiger partial charge on any atom is 0.352 e. The zero-order valence-electron chi connectivity index (χ0n) is 26.6. The Balaban J connectivity index is 1.26. The standard InChI is InChI=1S/C30H34ClN7O10S2/c1-14(28(44)45)48-36-20(19-23(31)50-30(32)35-19)25(42)34-21-26(43)37-22(29(46)47)16(13-49-27(21)37)12-38(8-2-3-9-38)10-4-7-33-24(41)15-5-6-17(39)18(40)11-15/h5-6,11,14,21,27H,2-4,7-10,12-13H2,1H3,(H7-,32,33,34,35,36,39,40,41,42,44,45,46,47)/p+1/t14-,21?,27?/m0/s1. The molecule has 4 heterocycles. The molecule has 2 unspecified atom stereocenters. The minimum Gasteiger partial charge on any atom is -0.504 e. The van der Waals surface area contributed by atoms with Gasteiger partial charge in [-0.3, -0.25) is 19.3 Å². The van der Waals surface area contributed by atoms with Crippen LogP contribution in [-0.2, 0) is 24.0 Å². The van der Waals surface area contributed by atoms with Crippen LogP contribution < -0.4 is 16.4 Å². The van der Waals surface area contributed by atoms with E-state index in [9.17, 15) is 39.3 Å². The summed E-state index contributed by atoms with van der Waals surface area (Å²) in [6.07, 6.45) is 1.04. The Morgan fingerprint density at radius 2 is 1.92 bits per heavy atom. The highest BCUT2D eigenvalue weighted by Crippen LogP contribution is 2.41. The van der Waals surface area contributed by atoms with Crippen LogP contribution in [0.3, 0.4) is 0 Å². The van der Waals surface area contributed by atoms with Crippen LogP contribution in [0.5, 0.6) is 11.5 Å². The van der Waals surface area contributed by atoms with Crippen molar-refractivity contribution in [1.82, 2.24) is 20.5 Å². The van der Waals surface area contributed by atoms with Gasteiger partial charge in [0.25, 0.3) is 17.7 Å². The molecule has 2 aromatic rings. The molecular weight excluding hydrogens is 718 g/mol. The monoisotopic (exact) mass is 752 g/mol. The molecule has 5 rings (SSSR count). The number of nitrogen functional groups attached to an aromatic ring is 1. The topological polar surface area (TPSA) is 254 Å². The molecule has 8 N–H and O–H groups in total. The van der Waals surface area contributed by atoms with Gasteiger partial charge < -0.3 is 46.1 Å². The second-order valence-electron chi connectivity index (χ2n) is 12.0. The number of thiazole rings is 1. The number of carbonyl (C=O) groups is 5. The highest BCUT2D eigenvalue weighted by molar-refractivity contribution is 8.00. The maximum atomic E-state index is 13.4. The molecule has 0 saturated carbocycles. The van der Waals surface area contributed by atoms with Gasteiger partial charge in [-0.25, -0.2) is 14.6 Å². The third-order valence-corrected chi connectivity index (χ3v) is 11.0. The first-order valence-electron chi connectivity index (χ1n) is 15.5. The number of phenolic OH excluding ortho intramolecular Hbond substituents is 2. The number of quaternary nitrogens is 1. The van der Waals surface area contributed by atoms with E-state index in [1.165, 1.54) is 41.8 Å². The number of aromatic hydroxyl groups is 2. The lowest BCUT2D eigenvalue weighted by atomic mass is 10.0. The Hall–Kier alpha value is -4.59. The molecule has 1 aromatic heterocycles. The Morgan fingerprint density at radius 3 is 2.54 bits per heavy atom. The third kappa shape index (κ3) is 7.74. The van der Waals surface area contributed by atoms with E-state index >= 15 is 0 Å². The number of carbonyl (C=O) groups excluding carboxylic acids is 3. The van der Waals surface area contributed by atoms with Gasteiger partial charge in [0.1, 0.15) is 33.7 Å². The number of amides is 3. The molecule has 0 aliphatic carbocycles. The van der Waals surface area contributed by atoms with Gasteiger partial charge in [0, 0.05) is 42.7 Å². The number of likely N-dealkylation sites (tertiary alicyclic amines) is 1. The largest absolute Gasteiger partial charge is 0.504 e. The Kier molecular flexibility index (Phi) is 11.1. The number of anilines is 1. The van der Waals surface area contributed by atoms with Crippen LogP contribution in [0, 0.1) is 0 Å². The number of benzene rings is 1. The van der Waals surface area contributed by atoms with Crippen LogP contribution >= 0.6 is 34.7 Å². The molecule has 2 fully saturated rings. The first kappa shape index (κ1) is 36.7. The van der Waals surface area contributed by atoms with Gasteiger partial charge in [0.15, 0.2) is 22.3 Å². The normalized spacial score (nSPS) is 20.5. The predicted molar refractivity (Wildman–Crippen MR) is 182 cm³/mol. The number of carboxylic acids is 2. The van der Waals surface area contributed by atoms with Crippen molar-refractivity contribution in [3.05, 3.63) is 45.1 Å². The molecular formula is C30H35ClN7O10S2+. The van der Waals surface area contributed by atoms with Crippen molar-refractivity contribution >= 4 is 75.2 Å². The van der Waals surface area contributed by atoms with Gasteiger partial charge >= 0.3 is 11.9 Å². The predicted octanol–water partition coefficient (Wildman–Crippen LogP) is 1.15. The zero-order valence-corrected chi connectivity index (χ0v) is 29.0. The number of hydrogen-bond donors (Lipinski definition) is 7. The van der Waals surface area contributed by atoms with E-state index < -0.39 is 58.6 Å². The van der Waals surface area contributed by atoms with Crippen molar-refractivity contribution in [2.24, 2.45) is 5.16 Å². The van der Waals surface area contributed by atoms with Gasteiger partial charge in [0.2, 0.25) is 6.10 Å². The highest BCUT2D eigenvalue weighted by atomic mass is 35.5. The number of carboxylic acid groups (broad SMARTS) is 2. The van der Waals surface area contributed by atoms with E-state index in [1.54, 1.807) is 0 Å². The van der Waals surface area contributed by atoms with Gasteiger partial charge in [0.05, 0.1) is 19.6 Å². The number of hydrogen-bond acceptors (Lipinski definition) is 13. The van der Waals surface area contributed by atoms with Crippen molar-refractivity contribution in [3.63, 3.8) is 0 Å². The summed E-state index contributed by atoms with van der Waals surface area (Å²) in [6, 6.07) is 2.68. The lowest BCUT2D eigenvalue weighted by Gasteiger charge is -2.50. The van der Waals surface area contributed by atoms with E-state index in [1.807, 2.05) is 0 Å². The summed E-state index contributed by atoms with van der Waals surface area (Å²) in [6.45, 7) is 4.16. The lowest BCUT2D eigenvalue weighted by Crippen LogP contribution is -2.71. The Morgan fingerprint density at radius 1 is 1.20 bits per heavy atom. The number of nitrogens with two attached hydrogens (primary N) is 1. The quantitative estimate of drug-likeness (QED) is 0.0358. The number of aliphatic carboxylic acids is 2. The molecule has 0 spiro atoms. The minimum atomic E-state index is -1.43. The van der Waals surface area contributed by atoms with Gasteiger partial charge in [-0.1, -0.05) is 28.1 Å². The number of oxime groups is 1. The molecule has 3 aliphatic heterocycles. The molecule has 3 aliphatic rings. The fourth-order valence-electron chi connectivity index (χ4n) is 6.10. The molecule has 268 valence electrons. The number of fused-ring (bicyclic) bond motifs is 1. The summed E-state index contributed by atoms with van der Waals surface area (Å²) in [4.78, 5) is 73.3. The van der Waals surface area contributed by atoms with E-state index in [2.05, 4.69) is 20.8 Å². The van der Waals surface area contributed by atoms with Crippen molar-refractivity contribution in [1.29, 1.82) is 0 Å². The molecule has 0 bridgehead atoms. The van der Waals surface area contributed by atoms with Crippen molar-refractivity contribution in [3.8, 4) is 11.5 Å². The average molecular weight is 753 g/mol. The van der Waals surface area contributed by atoms with Crippen molar-refractivity contribution < 1.29 is 53.7 Å². The highest BCUT2D eigenvalue weighted by Gasteiger charge is 2.55. The van der Waals surface area contributed by atoms with Crippen LogP contribution in [-0.4, -0.2) is 126 Å². The van der Waals surface area contributed by atoms with E-state index in [4.69, 9.17) is 27.3 Å². The van der Waals surface area contributed by atoms with Crippen molar-refractivity contribution in [2.45, 2.75) is 43.7 Å². The first-order valence-corrected chi connectivity index (χ1v) is 17.7. The molecule has 2 saturated heterocycles. The zero-order chi connectivity index (χ0) is 36.3. The summed E-state index contributed by atoms with van der Waals surface area (Å²) in [7, 11) is 0. The van der Waals surface area contributed by atoms with E-state index in [0.29, 0.717) is 36.1 Å². The summed E-state index contributed by atoms with van der Waals surface area (Å²) < 4.78 is 0.568. The molecule has 3 amide bonds. The number of β-lactam (4-membered cyclic amide) rings is 1. The second kappa shape index (κ2) is 15.1. The third-order valence-electron chi connectivity index (χ3n) is 8.60. The fourth-order valence-corrected chi connectivity index (χ4v) is 8.37. The smallest absolute Gasteiger partial charge is 0.352 e. The molecule has 0 radical (unpaired) electrons. The summed E-state index contributed by atoms with van der Waals surface area (Å²) in [5.41, 5.74) is 5.70. The minimum absolute atomic E-state index is 0.00713. The number of aromatic nitrogens is 1. The SMILES string of the molecule is C[C@H](O/N=C(\C(=O)NC1C(=O)N2C(C(=O)O)=C(C[N+]3(CCCNC(=O)c4ccc(O)c(O)c4)CCCC3)CSC12)c1nc(N)sc1Cl)C(=O)O. The number of phenols is 2. The molecule has 20 heteroatoms. The number of nitrogens with one attached hydrogen (secondary N) is 2. The number of rotatable bonds is 14. The van der Waals surface area contributed by atoms with Gasteiger partial charge in [-0.15, -0.1) is 11.8 Å². The first-order chi connectivity index (χ1) is 23.7. The second-order valence-corrected chi connectivity index (χ2v) is 14.7. The van der Waals surface area contributed by atoms with Crippen LogP contribution in [0.15, 0.2) is 34.6 Å². The van der Waals surface area contributed by atoms with Crippen LogP contribution in [0.4, 0.5) is 5.13 Å². The van der Waals surface area contributed by atoms with Crippen LogP contribution in [0.1, 0.15) is 42.2 Å². The van der Waals surface area contributed by atoms with Crippen LogP contribution in [0.2, 0.25) is 4.34 Å². The fraction of sp³-hybridized carbons (Fsp3) is 0.433. The number of nitrogens with zero attached hydrogens (tertiary/aromatic N) is 4. The Labute approximate surface area is 298 Å². The summed E-state index contributed by atoms with van der Waals surface area (Å²) in [5, 5.41) is 46.9. The maximum absolute atomic E-state index is 13.4. The molecule has 3 atom stereocenters. The summed E-state index contributed by atoms with van der Waals surface area (Å²) >= 11 is 8.33. The molecule has 50 heavy (non-hydrogen) atoms. The Bertz CT molecular complexity index is 1780. The van der Waals surface area contributed by atoms with Gasteiger partial charge in [-0.2, -0.15) is 0 Å². The number of thioether (sulfide) groups is 1. The number of halogens is 1. The van der Waals surface area contributed by atoms with Crippen molar-refractivity contribution in [2.75, 3.05) is 44.2 Å². The van der Waals surface area contributed by atoms with Crippen LogP contribution in [0.25, 0.3) is 0 Å². The van der Waals surface area contributed by atoms with E-state index in [0.717, 1.165) is 37.3 Å². The van der Waals surface area contributed by atoms with E-state index in [-0.39, 0.29) is 37.9 Å². The average Bonchev–Trinajstić information content (AvgIpc) is 3.67.